The molecule has 0 spiro atoms. The van der Waals surface area contributed by atoms with Gasteiger partial charge in [-0.25, -0.2) is 4.79 Å². The first-order chi connectivity index (χ1) is 14.2. The number of nitrogens with one attached hydrogen (secondary N) is 1. The van der Waals surface area contributed by atoms with E-state index < -0.39 is 0 Å². The average Bonchev–Trinajstić information content (AvgIpc) is 3.00. The first kappa shape index (κ1) is 21.8. The number of carbonyl (C=O) groups excluding carboxylic acids is 1. The van der Waals surface area contributed by atoms with E-state index in [1.165, 1.54) is 38.6 Å². The van der Waals surface area contributed by atoms with Crippen LogP contribution in [0.3, 0.4) is 0 Å². The highest BCUT2D eigenvalue weighted by molar-refractivity contribution is 5.74. The molecule has 1 heterocycles. The number of benzene rings is 1. The Hall–Kier alpha value is -1.95. The number of ether oxygens (including phenoxy) is 2. The Labute approximate surface area is 175 Å². The van der Waals surface area contributed by atoms with Gasteiger partial charge in [-0.2, -0.15) is 0 Å². The number of hydrogen-bond acceptors (Lipinski definition) is 4. The number of rotatable bonds is 7. The van der Waals surface area contributed by atoms with E-state index in [1.54, 1.807) is 14.2 Å². The van der Waals surface area contributed by atoms with Crippen LogP contribution in [0.25, 0.3) is 0 Å². The molecular weight excluding hydrogens is 366 g/mol. The second-order valence-electron chi connectivity index (χ2n) is 8.30. The standard InChI is InChI=1S/C23H37N3O3/c1-28-21-9-10-22(29-2)20(17-21)11-12-24-23(27)26-14-6-13-25(15-16-26)18-19-7-4-3-5-8-19/h9-10,17,19H,3-8,11-16,18H2,1-2H3,(H,24,27). The van der Waals surface area contributed by atoms with E-state index in [1.807, 2.05) is 23.1 Å². The maximum Gasteiger partial charge on any atom is 0.317 e. The molecular formula is C23H37N3O3. The Bertz CT molecular complexity index is 646. The largest absolute Gasteiger partial charge is 0.497 e. The molecule has 1 aliphatic carbocycles. The summed E-state index contributed by atoms with van der Waals surface area (Å²) in [7, 11) is 3.32. The molecule has 3 rings (SSSR count). The van der Waals surface area contributed by atoms with Crippen LogP contribution in [0.2, 0.25) is 0 Å². The SMILES string of the molecule is COc1ccc(OC)c(CCNC(=O)N2CCCN(CC3CCCCC3)CC2)c1. The fourth-order valence-corrected chi connectivity index (χ4v) is 4.58. The lowest BCUT2D eigenvalue weighted by molar-refractivity contribution is 0.190. The van der Waals surface area contributed by atoms with Crippen LogP contribution in [-0.2, 0) is 6.42 Å². The zero-order chi connectivity index (χ0) is 20.5. The summed E-state index contributed by atoms with van der Waals surface area (Å²) < 4.78 is 10.7. The number of urea groups is 1. The van der Waals surface area contributed by atoms with Crippen molar-refractivity contribution < 1.29 is 14.3 Å². The molecule has 1 aromatic rings. The fraction of sp³-hybridized carbons (Fsp3) is 0.696. The summed E-state index contributed by atoms with van der Waals surface area (Å²) in [6, 6.07) is 5.81. The van der Waals surface area contributed by atoms with Gasteiger partial charge in [-0.15, -0.1) is 0 Å². The van der Waals surface area contributed by atoms with Crippen molar-refractivity contribution in [3.05, 3.63) is 23.8 Å². The Morgan fingerprint density at radius 3 is 2.62 bits per heavy atom. The summed E-state index contributed by atoms with van der Waals surface area (Å²) in [5.74, 6) is 2.49. The Kier molecular flexibility index (Phi) is 8.47. The van der Waals surface area contributed by atoms with E-state index in [9.17, 15) is 4.79 Å². The van der Waals surface area contributed by atoms with Crippen molar-refractivity contribution >= 4 is 6.03 Å². The summed E-state index contributed by atoms with van der Waals surface area (Å²) in [5, 5.41) is 3.09. The molecule has 2 aliphatic rings. The lowest BCUT2D eigenvalue weighted by Gasteiger charge is -2.28. The third-order valence-corrected chi connectivity index (χ3v) is 6.28. The molecule has 162 valence electrons. The minimum absolute atomic E-state index is 0.0476. The molecule has 1 saturated carbocycles. The molecule has 0 bridgehead atoms. The van der Waals surface area contributed by atoms with E-state index in [0.29, 0.717) is 13.0 Å². The van der Waals surface area contributed by atoms with Gasteiger partial charge in [0.2, 0.25) is 0 Å². The van der Waals surface area contributed by atoms with E-state index in [-0.39, 0.29) is 6.03 Å². The van der Waals surface area contributed by atoms with E-state index in [0.717, 1.165) is 55.6 Å². The molecule has 0 aromatic heterocycles. The predicted octanol–water partition coefficient (Wildman–Crippen LogP) is 3.54. The Morgan fingerprint density at radius 1 is 1.03 bits per heavy atom. The van der Waals surface area contributed by atoms with Crippen molar-refractivity contribution in [1.82, 2.24) is 15.1 Å². The highest BCUT2D eigenvalue weighted by Gasteiger charge is 2.22. The summed E-state index contributed by atoms with van der Waals surface area (Å²) in [5.41, 5.74) is 1.04. The van der Waals surface area contributed by atoms with Crippen LogP contribution in [0, 0.1) is 5.92 Å². The highest BCUT2D eigenvalue weighted by Crippen LogP contribution is 2.25. The topological polar surface area (TPSA) is 54.0 Å². The van der Waals surface area contributed by atoms with Crippen LogP contribution in [0.1, 0.15) is 44.1 Å². The fourth-order valence-electron chi connectivity index (χ4n) is 4.58. The number of hydrogen-bond donors (Lipinski definition) is 1. The van der Waals surface area contributed by atoms with Crippen molar-refractivity contribution in [1.29, 1.82) is 0 Å². The van der Waals surface area contributed by atoms with Crippen molar-refractivity contribution in [2.45, 2.75) is 44.9 Å². The lowest BCUT2D eigenvalue weighted by Crippen LogP contribution is -2.43. The number of amides is 2. The summed E-state index contributed by atoms with van der Waals surface area (Å²) in [4.78, 5) is 17.2. The van der Waals surface area contributed by atoms with Crippen LogP contribution < -0.4 is 14.8 Å². The molecule has 0 unspecified atom stereocenters. The smallest absolute Gasteiger partial charge is 0.317 e. The van der Waals surface area contributed by atoms with Crippen molar-refractivity contribution in [3.63, 3.8) is 0 Å². The summed E-state index contributed by atoms with van der Waals surface area (Å²) in [6.07, 6.45) is 8.74. The quantitative estimate of drug-likeness (QED) is 0.757. The minimum atomic E-state index is 0.0476. The van der Waals surface area contributed by atoms with Gasteiger partial charge in [-0.05, 0) is 61.9 Å². The normalized spacial score (nSPS) is 18.9. The van der Waals surface area contributed by atoms with Gasteiger partial charge >= 0.3 is 6.03 Å². The molecule has 6 heteroatoms. The van der Waals surface area contributed by atoms with Gasteiger partial charge in [0.05, 0.1) is 14.2 Å². The monoisotopic (exact) mass is 403 g/mol. The predicted molar refractivity (Wildman–Crippen MR) is 116 cm³/mol. The van der Waals surface area contributed by atoms with Gasteiger partial charge < -0.3 is 24.6 Å². The lowest BCUT2D eigenvalue weighted by atomic mass is 9.89. The molecule has 2 fully saturated rings. The van der Waals surface area contributed by atoms with E-state index >= 15 is 0 Å². The van der Waals surface area contributed by atoms with Gasteiger partial charge in [0.15, 0.2) is 0 Å². The first-order valence-electron chi connectivity index (χ1n) is 11.2. The number of methoxy groups -OCH3 is 2. The highest BCUT2D eigenvalue weighted by atomic mass is 16.5. The maximum absolute atomic E-state index is 12.7. The summed E-state index contributed by atoms with van der Waals surface area (Å²) in [6.45, 7) is 5.57. The van der Waals surface area contributed by atoms with Crippen molar-refractivity contribution in [2.24, 2.45) is 5.92 Å². The third-order valence-electron chi connectivity index (χ3n) is 6.28. The maximum atomic E-state index is 12.7. The van der Waals surface area contributed by atoms with Crippen LogP contribution >= 0.6 is 0 Å². The molecule has 0 atom stereocenters. The van der Waals surface area contributed by atoms with E-state index in [4.69, 9.17) is 9.47 Å². The molecule has 1 aromatic carbocycles. The third kappa shape index (κ3) is 6.53. The van der Waals surface area contributed by atoms with Crippen LogP contribution in [0.15, 0.2) is 18.2 Å². The van der Waals surface area contributed by atoms with Crippen LogP contribution in [-0.4, -0.2) is 69.3 Å². The minimum Gasteiger partial charge on any atom is -0.497 e. The zero-order valence-corrected chi connectivity index (χ0v) is 18.1. The molecule has 0 radical (unpaired) electrons. The van der Waals surface area contributed by atoms with Gasteiger partial charge in [0.1, 0.15) is 11.5 Å². The Balaban J connectivity index is 1.42. The first-order valence-corrected chi connectivity index (χ1v) is 11.2. The average molecular weight is 404 g/mol. The number of nitrogens with zero attached hydrogens (tertiary/aromatic N) is 2. The molecule has 1 N–H and O–H groups in total. The zero-order valence-electron chi connectivity index (χ0n) is 18.1. The van der Waals surface area contributed by atoms with Gasteiger partial charge in [0, 0.05) is 32.7 Å². The van der Waals surface area contributed by atoms with Gasteiger partial charge in [-0.3, -0.25) is 0 Å². The van der Waals surface area contributed by atoms with Crippen LogP contribution in [0.4, 0.5) is 4.79 Å². The molecule has 1 saturated heterocycles. The van der Waals surface area contributed by atoms with Gasteiger partial charge in [-0.1, -0.05) is 19.3 Å². The van der Waals surface area contributed by atoms with Crippen LogP contribution in [0.5, 0.6) is 11.5 Å². The Morgan fingerprint density at radius 2 is 1.86 bits per heavy atom. The van der Waals surface area contributed by atoms with Crippen molar-refractivity contribution in [3.8, 4) is 11.5 Å². The number of carbonyl (C=O) groups is 1. The second kappa shape index (κ2) is 11.3. The van der Waals surface area contributed by atoms with Gasteiger partial charge in [0.25, 0.3) is 0 Å². The summed E-state index contributed by atoms with van der Waals surface area (Å²) >= 11 is 0. The van der Waals surface area contributed by atoms with Crippen molar-refractivity contribution in [2.75, 3.05) is 53.5 Å². The molecule has 29 heavy (non-hydrogen) atoms. The van der Waals surface area contributed by atoms with E-state index in [2.05, 4.69) is 10.2 Å². The molecule has 1 aliphatic heterocycles. The molecule has 6 nitrogen and oxygen atoms in total. The molecule has 2 amide bonds. The second-order valence-corrected chi connectivity index (χ2v) is 8.30.